The quantitative estimate of drug-likeness (QED) is 0.640. The Labute approximate surface area is 102 Å². The van der Waals surface area contributed by atoms with Gasteiger partial charge in [-0.1, -0.05) is 12.1 Å². The standard InChI is InChI=1S/C13H20O4/c14-7-1-2-9-16-11-12-3-5-13(6-4-12)17-10-8-15/h3-6,14-15H,1-2,7-11H2. The number of ether oxygens (including phenoxy) is 2. The summed E-state index contributed by atoms with van der Waals surface area (Å²) in [6.45, 7) is 1.81. The Morgan fingerprint density at radius 1 is 0.882 bits per heavy atom. The van der Waals surface area contributed by atoms with Crippen LogP contribution in [0.1, 0.15) is 18.4 Å². The van der Waals surface area contributed by atoms with Crippen LogP contribution in [0.2, 0.25) is 0 Å². The fourth-order valence-corrected chi connectivity index (χ4v) is 1.35. The molecule has 0 fully saturated rings. The van der Waals surface area contributed by atoms with Crippen molar-refractivity contribution in [1.29, 1.82) is 0 Å². The van der Waals surface area contributed by atoms with E-state index in [1.807, 2.05) is 24.3 Å². The van der Waals surface area contributed by atoms with E-state index in [-0.39, 0.29) is 13.2 Å². The molecule has 0 unspecified atom stereocenters. The normalized spacial score (nSPS) is 10.5. The molecule has 0 aliphatic heterocycles. The van der Waals surface area contributed by atoms with Crippen molar-refractivity contribution in [2.24, 2.45) is 0 Å². The number of aliphatic hydroxyl groups is 2. The van der Waals surface area contributed by atoms with Crippen LogP contribution in [-0.2, 0) is 11.3 Å². The van der Waals surface area contributed by atoms with Crippen molar-refractivity contribution in [3.8, 4) is 5.75 Å². The van der Waals surface area contributed by atoms with Crippen LogP contribution in [0.5, 0.6) is 5.75 Å². The first kappa shape index (κ1) is 14.0. The lowest BCUT2D eigenvalue weighted by Gasteiger charge is -2.06. The number of rotatable bonds is 9. The molecule has 0 bridgehead atoms. The van der Waals surface area contributed by atoms with Crippen LogP contribution in [-0.4, -0.2) is 36.6 Å². The predicted molar refractivity (Wildman–Crippen MR) is 65.0 cm³/mol. The summed E-state index contributed by atoms with van der Waals surface area (Å²) in [7, 11) is 0. The zero-order chi connectivity index (χ0) is 12.3. The maximum Gasteiger partial charge on any atom is 0.119 e. The first-order valence-electron chi connectivity index (χ1n) is 5.88. The van der Waals surface area contributed by atoms with Crippen LogP contribution in [0.3, 0.4) is 0 Å². The molecule has 0 aromatic heterocycles. The van der Waals surface area contributed by atoms with Crippen molar-refractivity contribution in [3.05, 3.63) is 29.8 Å². The largest absolute Gasteiger partial charge is 0.491 e. The summed E-state index contributed by atoms with van der Waals surface area (Å²) in [6, 6.07) is 7.61. The van der Waals surface area contributed by atoms with Gasteiger partial charge in [0.05, 0.1) is 13.2 Å². The first-order valence-corrected chi connectivity index (χ1v) is 5.88. The van der Waals surface area contributed by atoms with Gasteiger partial charge in [0.15, 0.2) is 0 Å². The molecular weight excluding hydrogens is 220 g/mol. The lowest BCUT2D eigenvalue weighted by molar-refractivity contribution is 0.112. The monoisotopic (exact) mass is 240 g/mol. The molecule has 0 aliphatic rings. The Morgan fingerprint density at radius 2 is 1.65 bits per heavy atom. The molecule has 1 aromatic carbocycles. The molecule has 4 nitrogen and oxygen atoms in total. The molecule has 0 saturated carbocycles. The maximum absolute atomic E-state index is 8.61. The second kappa shape index (κ2) is 8.98. The van der Waals surface area contributed by atoms with Gasteiger partial charge in [0.1, 0.15) is 12.4 Å². The van der Waals surface area contributed by atoms with Crippen molar-refractivity contribution in [2.75, 3.05) is 26.4 Å². The molecule has 0 spiro atoms. The predicted octanol–water partition coefficient (Wildman–Crippen LogP) is 1.35. The Kier molecular flexibility index (Phi) is 7.38. The average molecular weight is 240 g/mol. The Balaban J connectivity index is 2.20. The van der Waals surface area contributed by atoms with Gasteiger partial charge >= 0.3 is 0 Å². The van der Waals surface area contributed by atoms with Crippen molar-refractivity contribution < 1.29 is 19.7 Å². The molecule has 1 rings (SSSR count). The van der Waals surface area contributed by atoms with Gasteiger partial charge in [-0.05, 0) is 30.5 Å². The number of benzene rings is 1. The maximum atomic E-state index is 8.61. The van der Waals surface area contributed by atoms with Gasteiger partial charge in [-0.25, -0.2) is 0 Å². The molecule has 0 heterocycles. The summed E-state index contributed by atoms with van der Waals surface area (Å²) < 4.78 is 10.7. The molecule has 0 radical (unpaired) electrons. The molecule has 1 aromatic rings. The van der Waals surface area contributed by atoms with Gasteiger partial charge in [0, 0.05) is 13.2 Å². The van der Waals surface area contributed by atoms with Gasteiger partial charge in [0.2, 0.25) is 0 Å². The van der Waals surface area contributed by atoms with Crippen LogP contribution < -0.4 is 4.74 Å². The first-order chi connectivity index (χ1) is 8.36. The van der Waals surface area contributed by atoms with E-state index in [1.165, 1.54) is 0 Å². The van der Waals surface area contributed by atoms with Crippen molar-refractivity contribution in [2.45, 2.75) is 19.4 Å². The topological polar surface area (TPSA) is 58.9 Å². The molecule has 0 atom stereocenters. The Morgan fingerprint density at radius 3 is 2.29 bits per heavy atom. The minimum atomic E-state index is 0.0235. The third kappa shape index (κ3) is 6.26. The SMILES string of the molecule is OCCCCOCc1ccc(OCCO)cc1. The molecule has 96 valence electrons. The van der Waals surface area contributed by atoms with Crippen molar-refractivity contribution >= 4 is 0 Å². The molecule has 4 heteroatoms. The summed E-state index contributed by atoms with van der Waals surface area (Å²) in [4.78, 5) is 0. The van der Waals surface area contributed by atoms with E-state index in [4.69, 9.17) is 19.7 Å². The number of aliphatic hydroxyl groups excluding tert-OH is 2. The molecule has 2 N–H and O–H groups in total. The van der Waals surface area contributed by atoms with Crippen LogP contribution in [0.4, 0.5) is 0 Å². The lowest BCUT2D eigenvalue weighted by Crippen LogP contribution is -2.01. The minimum Gasteiger partial charge on any atom is -0.491 e. The second-order valence-corrected chi connectivity index (χ2v) is 3.70. The van der Waals surface area contributed by atoms with Crippen LogP contribution in [0, 0.1) is 0 Å². The van der Waals surface area contributed by atoms with Crippen LogP contribution in [0.15, 0.2) is 24.3 Å². The summed E-state index contributed by atoms with van der Waals surface area (Å²) in [6.07, 6.45) is 1.67. The summed E-state index contributed by atoms with van der Waals surface area (Å²) in [5, 5.41) is 17.2. The molecule has 0 saturated heterocycles. The summed E-state index contributed by atoms with van der Waals surface area (Å²) in [5.74, 6) is 0.753. The smallest absolute Gasteiger partial charge is 0.119 e. The van der Waals surface area contributed by atoms with Gasteiger partial charge in [0.25, 0.3) is 0 Å². The van der Waals surface area contributed by atoms with Gasteiger partial charge in [-0.3, -0.25) is 0 Å². The fourth-order valence-electron chi connectivity index (χ4n) is 1.35. The lowest BCUT2D eigenvalue weighted by atomic mass is 10.2. The van der Waals surface area contributed by atoms with Gasteiger partial charge in [-0.2, -0.15) is 0 Å². The van der Waals surface area contributed by atoms with Crippen molar-refractivity contribution in [3.63, 3.8) is 0 Å². The molecule has 17 heavy (non-hydrogen) atoms. The Bertz CT molecular complexity index is 284. The van der Waals surface area contributed by atoms with E-state index < -0.39 is 0 Å². The highest BCUT2D eigenvalue weighted by atomic mass is 16.5. The van der Waals surface area contributed by atoms with Crippen LogP contribution >= 0.6 is 0 Å². The Hall–Kier alpha value is -1.10. The number of unbranched alkanes of at least 4 members (excludes halogenated alkanes) is 1. The highest BCUT2D eigenvalue weighted by Crippen LogP contribution is 2.12. The second-order valence-electron chi connectivity index (χ2n) is 3.70. The zero-order valence-electron chi connectivity index (χ0n) is 9.97. The number of hydrogen-bond donors (Lipinski definition) is 2. The number of hydrogen-bond acceptors (Lipinski definition) is 4. The third-order valence-corrected chi connectivity index (χ3v) is 2.25. The highest BCUT2D eigenvalue weighted by Gasteiger charge is 1.96. The van der Waals surface area contributed by atoms with E-state index in [2.05, 4.69) is 0 Å². The highest BCUT2D eigenvalue weighted by molar-refractivity contribution is 5.26. The molecule has 0 aliphatic carbocycles. The van der Waals surface area contributed by atoms with Gasteiger partial charge < -0.3 is 19.7 Å². The minimum absolute atomic E-state index is 0.0235. The molecular formula is C13H20O4. The van der Waals surface area contributed by atoms with E-state index in [9.17, 15) is 0 Å². The van der Waals surface area contributed by atoms with E-state index in [0.29, 0.717) is 19.8 Å². The zero-order valence-corrected chi connectivity index (χ0v) is 9.97. The van der Waals surface area contributed by atoms with Crippen molar-refractivity contribution in [1.82, 2.24) is 0 Å². The third-order valence-electron chi connectivity index (χ3n) is 2.25. The summed E-state index contributed by atoms with van der Waals surface area (Å²) >= 11 is 0. The van der Waals surface area contributed by atoms with Gasteiger partial charge in [-0.15, -0.1) is 0 Å². The molecule has 0 amide bonds. The summed E-state index contributed by atoms with van der Waals surface area (Å²) in [5.41, 5.74) is 1.09. The van der Waals surface area contributed by atoms with Crippen LogP contribution in [0.25, 0.3) is 0 Å². The average Bonchev–Trinajstić information content (AvgIpc) is 2.37. The fraction of sp³-hybridized carbons (Fsp3) is 0.538. The van der Waals surface area contributed by atoms with E-state index in [0.717, 1.165) is 24.2 Å². The van der Waals surface area contributed by atoms with E-state index in [1.54, 1.807) is 0 Å². The van der Waals surface area contributed by atoms with E-state index >= 15 is 0 Å².